The van der Waals surface area contributed by atoms with E-state index in [1.165, 1.54) is 11.3 Å². The Morgan fingerprint density at radius 3 is 2.94 bits per heavy atom. The second kappa shape index (κ2) is 8.86. The Balaban J connectivity index is 2.55. The second-order valence-electron chi connectivity index (χ2n) is 4.71. The van der Waals surface area contributed by atoms with Gasteiger partial charge in [-0.15, -0.1) is 11.6 Å². The van der Waals surface area contributed by atoms with E-state index in [0.29, 0.717) is 11.8 Å². The minimum absolute atomic E-state index is 0.475. The van der Waals surface area contributed by atoms with E-state index in [4.69, 9.17) is 28.6 Å². The van der Waals surface area contributed by atoms with Crippen molar-refractivity contribution in [1.29, 1.82) is 0 Å². The van der Waals surface area contributed by atoms with Crippen molar-refractivity contribution < 1.29 is 4.74 Å². The Kier molecular flexibility index (Phi) is 7.82. The number of methoxy groups -OCH3 is 1. The van der Waals surface area contributed by atoms with Crippen LogP contribution in [0, 0.1) is 5.92 Å². The van der Waals surface area contributed by atoms with Gasteiger partial charge >= 0.3 is 0 Å². The third-order valence-corrected chi connectivity index (χ3v) is 3.71. The second-order valence-corrected chi connectivity index (χ2v) is 5.33. The lowest BCUT2D eigenvalue weighted by Crippen LogP contribution is -2.23. The molecule has 0 aromatic rings. The molecule has 0 fully saturated rings. The van der Waals surface area contributed by atoms with Crippen LogP contribution < -0.4 is 5.32 Å². The molecule has 1 unspecified atom stereocenters. The van der Waals surface area contributed by atoms with Gasteiger partial charge in [-0.2, -0.15) is 0 Å². The van der Waals surface area contributed by atoms with E-state index in [2.05, 4.69) is 17.3 Å². The lowest BCUT2D eigenvalue weighted by atomic mass is 10.1. The van der Waals surface area contributed by atoms with Gasteiger partial charge in [0.1, 0.15) is 0 Å². The highest BCUT2D eigenvalue weighted by Crippen LogP contribution is 2.32. The summed E-state index contributed by atoms with van der Waals surface area (Å²) in [6.45, 7) is 2.75. The molecule has 0 saturated carbocycles. The van der Waals surface area contributed by atoms with Crippen molar-refractivity contribution in [2.45, 2.75) is 19.3 Å². The van der Waals surface area contributed by atoms with Crippen LogP contribution in [-0.2, 0) is 4.74 Å². The van der Waals surface area contributed by atoms with Crippen molar-refractivity contribution in [2.24, 2.45) is 5.92 Å². The van der Waals surface area contributed by atoms with Gasteiger partial charge in [0.2, 0.25) is 0 Å². The van der Waals surface area contributed by atoms with E-state index in [9.17, 15) is 0 Å². The molecule has 18 heavy (non-hydrogen) atoms. The van der Waals surface area contributed by atoms with Crippen molar-refractivity contribution in [1.82, 2.24) is 10.2 Å². The quantitative estimate of drug-likeness (QED) is 0.521. The van der Waals surface area contributed by atoms with Gasteiger partial charge in [-0.25, -0.2) is 0 Å². The first-order valence-corrected chi connectivity index (χ1v) is 7.39. The van der Waals surface area contributed by atoms with Gasteiger partial charge in [0.25, 0.3) is 0 Å². The standard InChI is InChI=1S/C13H23ClN2OS/c1-16(8-6-14)7-5-11-3-4-12(9-17-2)13(11)15-10-18/h10,12H,3-9H2,1-2H3,(H,15,18). The molecule has 1 rings (SSSR count). The zero-order chi connectivity index (χ0) is 13.4. The van der Waals surface area contributed by atoms with Gasteiger partial charge < -0.3 is 15.0 Å². The summed E-state index contributed by atoms with van der Waals surface area (Å²) in [6, 6.07) is 0. The molecule has 104 valence electrons. The number of rotatable bonds is 9. The number of halogens is 1. The molecule has 0 bridgehead atoms. The van der Waals surface area contributed by atoms with Crippen LogP contribution in [0.15, 0.2) is 11.3 Å². The van der Waals surface area contributed by atoms with Crippen molar-refractivity contribution in [3.63, 3.8) is 0 Å². The highest BCUT2D eigenvalue weighted by Gasteiger charge is 2.24. The Morgan fingerprint density at radius 1 is 1.56 bits per heavy atom. The lowest BCUT2D eigenvalue weighted by Gasteiger charge is -2.17. The lowest BCUT2D eigenvalue weighted by molar-refractivity contribution is 0.164. The third kappa shape index (κ3) is 4.84. The smallest absolute Gasteiger partial charge is 0.0656 e. The van der Waals surface area contributed by atoms with Crippen molar-refractivity contribution in [3.05, 3.63) is 11.3 Å². The average Bonchev–Trinajstić information content (AvgIpc) is 2.71. The number of nitrogens with one attached hydrogen (secondary N) is 1. The SMILES string of the molecule is COCC1CCC(CCN(C)CCCl)=C1NC=S. The molecule has 0 aromatic carbocycles. The summed E-state index contributed by atoms with van der Waals surface area (Å²) >= 11 is 10.7. The van der Waals surface area contributed by atoms with Crippen LogP contribution in [0.4, 0.5) is 0 Å². The van der Waals surface area contributed by atoms with Gasteiger partial charge in [-0.1, -0.05) is 12.2 Å². The molecule has 0 radical (unpaired) electrons. The molecular formula is C13H23ClN2OS. The van der Waals surface area contributed by atoms with Crippen LogP contribution >= 0.6 is 23.8 Å². The largest absolute Gasteiger partial charge is 0.384 e. The minimum Gasteiger partial charge on any atom is -0.384 e. The fourth-order valence-electron chi connectivity index (χ4n) is 2.41. The molecule has 1 aliphatic carbocycles. The maximum atomic E-state index is 5.73. The van der Waals surface area contributed by atoms with E-state index in [0.717, 1.165) is 39.0 Å². The summed E-state index contributed by atoms with van der Waals surface area (Å²) in [5.41, 5.74) is 4.37. The minimum atomic E-state index is 0.475. The summed E-state index contributed by atoms with van der Waals surface area (Å²) in [6.07, 6.45) is 3.39. The molecule has 0 heterocycles. The number of alkyl halides is 1. The Bertz CT molecular complexity index is 297. The fraction of sp³-hybridized carbons (Fsp3) is 0.769. The van der Waals surface area contributed by atoms with Gasteiger partial charge in [0, 0.05) is 37.7 Å². The number of thiocarbonyl (C=S) groups is 1. The first-order chi connectivity index (χ1) is 8.72. The normalized spacial score (nSPS) is 19.7. The molecule has 3 nitrogen and oxygen atoms in total. The van der Waals surface area contributed by atoms with Crippen LogP contribution in [0.2, 0.25) is 0 Å². The molecule has 1 atom stereocenters. The van der Waals surface area contributed by atoms with Crippen molar-refractivity contribution in [3.8, 4) is 0 Å². The molecule has 0 aromatic heterocycles. The topological polar surface area (TPSA) is 24.5 Å². The maximum Gasteiger partial charge on any atom is 0.0656 e. The first kappa shape index (κ1) is 15.9. The molecule has 1 aliphatic rings. The monoisotopic (exact) mass is 290 g/mol. The Hall–Kier alpha value is -0.160. The van der Waals surface area contributed by atoms with Crippen LogP contribution in [0.3, 0.4) is 0 Å². The van der Waals surface area contributed by atoms with Crippen LogP contribution in [0.5, 0.6) is 0 Å². The molecular weight excluding hydrogens is 268 g/mol. The van der Waals surface area contributed by atoms with Gasteiger partial charge in [0.15, 0.2) is 0 Å². The highest BCUT2D eigenvalue weighted by atomic mass is 35.5. The molecule has 0 amide bonds. The predicted molar refractivity (Wildman–Crippen MR) is 81.3 cm³/mol. The first-order valence-electron chi connectivity index (χ1n) is 6.38. The molecule has 0 aliphatic heterocycles. The number of hydrogen-bond donors (Lipinski definition) is 1. The van der Waals surface area contributed by atoms with E-state index >= 15 is 0 Å². The summed E-state index contributed by atoms with van der Waals surface area (Å²) in [5, 5.41) is 3.23. The zero-order valence-electron chi connectivity index (χ0n) is 11.2. The Labute approximate surface area is 121 Å². The van der Waals surface area contributed by atoms with E-state index in [-0.39, 0.29) is 0 Å². The maximum absolute atomic E-state index is 5.73. The fourth-order valence-corrected chi connectivity index (χ4v) is 2.82. The van der Waals surface area contributed by atoms with Crippen LogP contribution in [-0.4, -0.2) is 50.1 Å². The third-order valence-electron chi connectivity index (χ3n) is 3.43. The molecule has 1 N–H and O–H groups in total. The van der Waals surface area contributed by atoms with E-state index in [1.807, 2.05) is 0 Å². The van der Waals surface area contributed by atoms with Crippen LogP contribution in [0.25, 0.3) is 0 Å². The van der Waals surface area contributed by atoms with Gasteiger partial charge in [-0.05, 0) is 31.9 Å². The number of nitrogens with zero attached hydrogens (tertiary/aromatic N) is 1. The predicted octanol–water partition coefficient (Wildman–Crippen LogP) is 2.40. The Morgan fingerprint density at radius 2 is 2.33 bits per heavy atom. The zero-order valence-corrected chi connectivity index (χ0v) is 12.8. The van der Waals surface area contributed by atoms with Crippen LogP contribution in [0.1, 0.15) is 19.3 Å². The summed E-state index contributed by atoms with van der Waals surface area (Å²) in [7, 11) is 3.86. The molecule has 0 saturated heterocycles. The van der Waals surface area contributed by atoms with E-state index < -0.39 is 0 Å². The highest BCUT2D eigenvalue weighted by molar-refractivity contribution is 7.78. The number of ether oxygens (including phenoxy) is 1. The summed E-state index contributed by atoms with van der Waals surface area (Å²) < 4.78 is 5.26. The van der Waals surface area contributed by atoms with Crippen molar-refractivity contribution in [2.75, 3.05) is 39.7 Å². The summed E-state index contributed by atoms with van der Waals surface area (Å²) in [5.74, 6) is 1.16. The van der Waals surface area contributed by atoms with Crippen molar-refractivity contribution >= 4 is 29.3 Å². The number of hydrogen-bond acceptors (Lipinski definition) is 3. The summed E-state index contributed by atoms with van der Waals surface area (Å²) in [4.78, 5) is 2.26. The van der Waals surface area contributed by atoms with Gasteiger partial charge in [-0.3, -0.25) is 0 Å². The molecule has 5 heteroatoms. The average molecular weight is 291 g/mol. The van der Waals surface area contributed by atoms with E-state index in [1.54, 1.807) is 12.6 Å². The van der Waals surface area contributed by atoms with Gasteiger partial charge in [0.05, 0.1) is 12.1 Å². The molecule has 0 spiro atoms.